The summed E-state index contributed by atoms with van der Waals surface area (Å²) in [4.78, 5) is 17.6. The van der Waals surface area contributed by atoms with Crippen molar-refractivity contribution in [3.63, 3.8) is 0 Å². The van der Waals surface area contributed by atoms with Crippen molar-refractivity contribution in [1.29, 1.82) is 5.41 Å². The lowest BCUT2D eigenvalue weighted by Crippen LogP contribution is -2.29. The number of ether oxygens (including phenoxy) is 2. The van der Waals surface area contributed by atoms with Gasteiger partial charge in [-0.25, -0.2) is 9.78 Å². The summed E-state index contributed by atoms with van der Waals surface area (Å²) in [7, 11) is 0. The van der Waals surface area contributed by atoms with Crippen LogP contribution in [-0.2, 0) is 30.6 Å². The number of aromatic nitrogens is 3. The number of fused-ring (bicyclic) bond motifs is 1. The zero-order valence-electron chi connectivity index (χ0n) is 22.7. The standard InChI is InChI=1S/C30H36N4O4/c1-20(2)17-26-28(37-19-21-11-7-6-8-12-21)32-24(27(31)34(26)36)16-15-22-18-33(29(35)38-30(3,4)5)25-14-10-9-13-23(22)25/h6-14,18,20,31,36H,15-17,19H2,1-5H3. The zero-order valence-corrected chi connectivity index (χ0v) is 22.7. The number of para-hydroxylation sites is 1. The molecule has 2 N–H and O–H groups in total. The van der Waals surface area contributed by atoms with E-state index in [1.54, 1.807) is 6.20 Å². The van der Waals surface area contributed by atoms with Crippen LogP contribution >= 0.6 is 0 Å². The Balaban J connectivity index is 1.64. The minimum absolute atomic E-state index is 0.0661. The highest BCUT2D eigenvalue weighted by Gasteiger charge is 2.22. The van der Waals surface area contributed by atoms with Crippen LogP contribution in [0.4, 0.5) is 4.79 Å². The molecule has 8 heteroatoms. The van der Waals surface area contributed by atoms with Gasteiger partial charge in [-0.1, -0.05) is 62.4 Å². The maximum absolute atomic E-state index is 12.9. The fourth-order valence-corrected chi connectivity index (χ4v) is 4.33. The number of benzene rings is 2. The molecule has 0 unspecified atom stereocenters. The lowest BCUT2D eigenvalue weighted by molar-refractivity contribution is 0.0544. The predicted molar refractivity (Wildman–Crippen MR) is 146 cm³/mol. The zero-order chi connectivity index (χ0) is 27.4. The van der Waals surface area contributed by atoms with Crippen molar-refractivity contribution in [2.24, 2.45) is 5.92 Å². The average molecular weight is 517 g/mol. The molecule has 8 nitrogen and oxygen atoms in total. The SMILES string of the molecule is CC(C)Cc1c(OCc2ccccc2)nc(CCc2cn(C(=O)OC(C)(C)C)c3ccccc23)c(=N)n1O. The molecule has 2 aromatic heterocycles. The van der Waals surface area contributed by atoms with E-state index in [1.807, 2.05) is 89.2 Å². The van der Waals surface area contributed by atoms with E-state index in [-0.39, 0.29) is 11.4 Å². The Hall–Kier alpha value is -4.07. The molecule has 0 aliphatic rings. The van der Waals surface area contributed by atoms with Gasteiger partial charge in [-0.05, 0) is 63.1 Å². The molecular weight excluding hydrogens is 480 g/mol. The van der Waals surface area contributed by atoms with Crippen molar-refractivity contribution in [3.05, 3.63) is 88.8 Å². The van der Waals surface area contributed by atoms with Gasteiger partial charge in [-0.3, -0.25) is 9.98 Å². The number of aryl methyl sites for hydroxylation is 2. The van der Waals surface area contributed by atoms with Crippen LogP contribution in [0.5, 0.6) is 5.88 Å². The molecule has 4 aromatic rings. The molecule has 0 aliphatic carbocycles. The molecule has 2 aromatic carbocycles. The smallest absolute Gasteiger partial charge is 0.419 e. The summed E-state index contributed by atoms with van der Waals surface area (Å²) in [5, 5.41) is 20.4. The molecule has 2 heterocycles. The van der Waals surface area contributed by atoms with Crippen molar-refractivity contribution >= 4 is 17.0 Å². The Morgan fingerprint density at radius 2 is 1.74 bits per heavy atom. The van der Waals surface area contributed by atoms with Crippen molar-refractivity contribution in [1.82, 2.24) is 14.3 Å². The first-order chi connectivity index (χ1) is 18.0. The van der Waals surface area contributed by atoms with Crippen LogP contribution in [0.15, 0.2) is 60.8 Å². The van der Waals surface area contributed by atoms with Gasteiger partial charge in [0.05, 0.1) is 11.2 Å². The van der Waals surface area contributed by atoms with E-state index in [4.69, 9.17) is 19.9 Å². The number of rotatable bonds is 8. The second-order valence-electron chi connectivity index (χ2n) is 10.9. The van der Waals surface area contributed by atoms with Crippen molar-refractivity contribution in [2.45, 2.75) is 66.1 Å². The molecule has 0 saturated heterocycles. The van der Waals surface area contributed by atoms with Gasteiger partial charge < -0.3 is 14.7 Å². The quantitative estimate of drug-likeness (QED) is 0.284. The molecule has 0 aliphatic heterocycles. The third-order valence-corrected chi connectivity index (χ3v) is 6.06. The molecule has 0 amide bonds. The van der Waals surface area contributed by atoms with Gasteiger partial charge in [0.25, 0.3) is 0 Å². The maximum atomic E-state index is 12.9. The fraction of sp³-hybridized carbons (Fsp3) is 0.367. The van der Waals surface area contributed by atoms with Crippen LogP contribution in [0.2, 0.25) is 0 Å². The van der Waals surface area contributed by atoms with Crippen molar-refractivity contribution in [3.8, 4) is 5.88 Å². The predicted octanol–water partition coefficient (Wildman–Crippen LogP) is 5.90. The molecule has 200 valence electrons. The highest BCUT2D eigenvalue weighted by atomic mass is 16.6. The number of hydrogen-bond acceptors (Lipinski definition) is 6. The minimum Gasteiger partial charge on any atom is -0.471 e. The summed E-state index contributed by atoms with van der Waals surface area (Å²) in [6, 6.07) is 17.4. The highest BCUT2D eigenvalue weighted by molar-refractivity contribution is 5.92. The van der Waals surface area contributed by atoms with E-state index in [1.165, 1.54) is 4.57 Å². The molecule has 0 fully saturated rings. The van der Waals surface area contributed by atoms with Crippen LogP contribution in [0.25, 0.3) is 10.9 Å². The van der Waals surface area contributed by atoms with E-state index >= 15 is 0 Å². The van der Waals surface area contributed by atoms with E-state index in [9.17, 15) is 10.0 Å². The topological polar surface area (TPSA) is 102 Å². The lowest BCUT2D eigenvalue weighted by Gasteiger charge is -2.19. The number of nitrogens with zero attached hydrogens (tertiary/aromatic N) is 3. The number of nitrogens with one attached hydrogen (secondary N) is 1. The van der Waals surface area contributed by atoms with Crippen molar-refractivity contribution in [2.75, 3.05) is 0 Å². The number of carbonyl (C=O) groups excluding carboxylic acids is 1. The van der Waals surface area contributed by atoms with Gasteiger partial charge in [0.2, 0.25) is 5.88 Å². The van der Waals surface area contributed by atoms with E-state index < -0.39 is 11.7 Å². The fourth-order valence-electron chi connectivity index (χ4n) is 4.33. The highest BCUT2D eigenvalue weighted by Crippen LogP contribution is 2.25. The van der Waals surface area contributed by atoms with Gasteiger partial charge in [0, 0.05) is 11.6 Å². The van der Waals surface area contributed by atoms with Gasteiger partial charge in [-0.2, -0.15) is 4.73 Å². The monoisotopic (exact) mass is 516 g/mol. The lowest BCUT2D eigenvalue weighted by atomic mass is 10.1. The van der Waals surface area contributed by atoms with Gasteiger partial charge in [0.15, 0.2) is 5.49 Å². The minimum atomic E-state index is -0.616. The summed E-state index contributed by atoms with van der Waals surface area (Å²) in [6.07, 6.45) is 2.75. The second kappa shape index (κ2) is 11.1. The summed E-state index contributed by atoms with van der Waals surface area (Å²) in [5.74, 6) is 0.561. The van der Waals surface area contributed by atoms with Gasteiger partial charge >= 0.3 is 6.09 Å². The molecule has 0 bridgehead atoms. The van der Waals surface area contributed by atoms with E-state index in [0.29, 0.717) is 43.1 Å². The molecule has 0 atom stereocenters. The molecule has 38 heavy (non-hydrogen) atoms. The molecule has 0 spiro atoms. The summed E-state index contributed by atoms with van der Waals surface area (Å²) < 4.78 is 14.1. The summed E-state index contributed by atoms with van der Waals surface area (Å²) in [6.45, 7) is 9.90. The number of hydrogen-bond donors (Lipinski definition) is 2. The maximum Gasteiger partial charge on any atom is 0.419 e. The third kappa shape index (κ3) is 6.25. The Kier molecular flexibility index (Phi) is 7.90. The van der Waals surface area contributed by atoms with Gasteiger partial charge in [0.1, 0.15) is 17.9 Å². The Bertz CT molecular complexity index is 1480. The third-order valence-electron chi connectivity index (χ3n) is 6.06. The Morgan fingerprint density at radius 3 is 2.42 bits per heavy atom. The van der Waals surface area contributed by atoms with E-state index in [0.717, 1.165) is 26.8 Å². The first-order valence-electron chi connectivity index (χ1n) is 12.9. The molecular formula is C30H36N4O4. The van der Waals surface area contributed by atoms with Crippen molar-refractivity contribution < 1.29 is 19.5 Å². The summed E-state index contributed by atoms with van der Waals surface area (Å²) >= 11 is 0. The van der Waals surface area contributed by atoms with Gasteiger partial charge in [-0.15, -0.1) is 0 Å². The van der Waals surface area contributed by atoms with Crippen LogP contribution in [0.3, 0.4) is 0 Å². The normalized spacial score (nSPS) is 11.7. The first-order valence-corrected chi connectivity index (χ1v) is 12.9. The van der Waals surface area contributed by atoms with E-state index in [2.05, 4.69) is 0 Å². The van der Waals surface area contributed by atoms with Crippen LogP contribution in [0.1, 0.15) is 57.1 Å². The molecule has 0 radical (unpaired) electrons. The Morgan fingerprint density at radius 1 is 1.05 bits per heavy atom. The molecule has 0 saturated carbocycles. The van der Waals surface area contributed by atoms with Crippen LogP contribution in [0, 0.1) is 11.3 Å². The second-order valence-corrected chi connectivity index (χ2v) is 10.9. The number of carbonyl (C=O) groups is 1. The first kappa shape index (κ1) is 27.0. The summed E-state index contributed by atoms with van der Waals surface area (Å²) in [5.41, 5.74) is 2.88. The molecule has 4 rings (SSSR count). The largest absolute Gasteiger partial charge is 0.471 e. The van der Waals surface area contributed by atoms with Crippen LogP contribution in [-0.4, -0.2) is 31.2 Å². The van der Waals surface area contributed by atoms with Crippen LogP contribution < -0.4 is 10.2 Å². The average Bonchev–Trinajstić information content (AvgIpc) is 3.24. The Labute approximate surface area is 222 Å².